The molecule has 92 valence electrons. The molecule has 0 N–H and O–H groups in total. The molecule has 1 unspecified atom stereocenters. The van der Waals surface area contributed by atoms with E-state index in [1.807, 2.05) is 12.1 Å². The molecule has 0 aliphatic carbocycles. The van der Waals surface area contributed by atoms with Crippen molar-refractivity contribution >= 4 is 6.29 Å². The Labute approximate surface area is 104 Å². The molecule has 1 aliphatic rings. The smallest absolute Gasteiger partial charge is 0.171 e. The molecule has 5 heteroatoms. The Bertz CT molecular complexity index is 565. The van der Waals surface area contributed by atoms with Crippen LogP contribution in [0.4, 0.5) is 0 Å². The third-order valence-corrected chi connectivity index (χ3v) is 3.12. The fourth-order valence-electron chi connectivity index (χ4n) is 2.25. The van der Waals surface area contributed by atoms with Gasteiger partial charge in [-0.15, -0.1) is 5.10 Å². The normalized spacial score (nSPS) is 18.3. The summed E-state index contributed by atoms with van der Waals surface area (Å²) in [5, 5.41) is 7.65. The van der Waals surface area contributed by atoms with E-state index in [9.17, 15) is 4.79 Å². The lowest BCUT2D eigenvalue weighted by Crippen LogP contribution is -2.20. The third-order valence-electron chi connectivity index (χ3n) is 3.12. The zero-order valence-corrected chi connectivity index (χ0v) is 9.82. The monoisotopic (exact) mass is 243 g/mol. The molecule has 3 rings (SSSR count). The highest BCUT2D eigenvalue weighted by atomic mass is 16.5. The van der Waals surface area contributed by atoms with Crippen molar-refractivity contribution in [1.29, 1.82) is 0 Å². The molecule has 0 saturated heterocycles. The van der Waals surface area contributed by atoms with Crippen LogP contribution in [0.2, 0.25) is 0 Å². The van der Waals surface area contributed by atoms with E-state index >= 15 is 0 Å². The van der Waals surface area contributed by atoms with Gasteiger partial charge in [-0.3, -0.25) is 4.79 Å². The number of aromatic nitrogens is 3. The second kappa shape index (κ2) is 4.70. The molecule has 0 radical (unpaired) electrons. The maximum absolute atomic E-state index is 10.6. The molecule has 1 aromatic carbocycles. The number of benzene rings is 1. The zero-order chi connectivity index (χ0) is 12.4. The molecule has 5 nitrogen and oxygen atoms in total. The van der Waals surface area contributed by atoms with Crippen LogP contribution in [-0.2, 0) is 17.7 Å². The van der Waals surface area contributed by atoms with Gasteiger partial charge in [-0.2, -0.15) is 0 Å². The first kappa shape index (κ1) is 11.1. The number of hydrogen-bond donors (Lipinski definition) is 0. The van der Waals surface area contributed by atoms with Gasteiger partial charge in [0.1, 0.15) is 11.8 Å². The topological polar surface area (TPSA) is 57.0 Å². The lowest BCUT2D eigenvalue weighted by molar-refractivity contribution is 0.0279. The Balaban J connectivity index is 1.83. The summed E-state index contributed by atoms with van der Waals surface area (Å²) < 4.78 is 7.42. The summed E-state index contributed by atoms with van der Waals surface area (Å²) in [5.74, 6) is 0. The van der Waals surface area contributed by atoms with Crippen LogP contribution in [0.5, 0.6) is 0 Å². The van der Waals surface area contributed by atoms with Crippen molar-refractivity contribution in [1.82, 2.24) is 15.0 Å². The van der Waals surface area contributed by atoms with Gasteiger partial charge < -0.3 is 4.74 Å². The Morgan fingerprint density at radius 3 is 3.17 bits per heavy atom. The number of nitrogens with zero attached hydrogens (tertiary/aromatic N) is 3. The highest BCUT2D eigenvalue weighted by Gasteiger charge is 2.21. The zero-order valence-electron chi connectivity index (χ0n) is 9.82. The molecular weight excluding hydrogens is 230 g/mol. The standard InChI is InChI=1S/C13H13N3O2/c17-9-11-7-16(15-14-11)8-13-12-4-2-1-3-10(12)5-6-18-13/h1-4,7,9,13H,5-6,8H2. The Morgan fingerprint density at radius 2 is 2.33 bits per heavy atom. The van der Waals surface area contributed by atoms with Crippen LogP contribution in [0.15, 0.2) is 30.5 Å². The van der Waals surface area contributed by atoms with Gasteiger partial charge in [0.15, 0.2) is 6.29 Å². The fraction of sp³-hybridized carbons (Fsp3) is 0.308. The second-order valence-corrected chi connectivity index (χ2v) is 4.29. The van der Waals surface area contributed by atoms with Crippen molar-refractivity contribution < 1.29 is 9.53 Å². The number of carbonyl (C=O) groups excluding carboxylic acids is 1. The van der Waals surface area contributed by atoms with E-state index in [-0.39, 0.29) is 6.10 Å². The van der Waals surface area contributed by atoms with Crippen LogP contribution in [0.3, 0.4) is 0 Å². The van der Waals surface area contributed by atoms with Gasteiger partial charge in [-0.25, -0.2) is 4.68 Å². The summed E-state index contributed by atoms with van der Waals surface area (Å²) in [5.41, 5.74) is 2.87. The maximum Gasteiger partial charge on any atom is 0.171 e. The van der Waals surface area contributed by atoms with E-state index in [0.29, 0.717) is 18.5 Å². The SMILES string of the molecule is O=Cc1cn(CC2OCCc3ccccc32)nn1. The number of fused-ring (bicyclic) bond motifs is 1. The molecule has 0 amide bonds. The molecule has 0 fully saturated rings. The number of aldehydes is 1. The fourth-order valence-corrected chi connectivity index (χ4v) is 2.25. The molecule has 0 bridgehead atoms. The van der Waals surface area contributed by atoms with Gasteiger partial charge in [0.2, 0.25) is 0 Å². The van der Waals surface area contributed by atoms with Crippen LogP contribution in [0.1, 0.15) is 27.7 Å². The lowest BCUT2D eigenvalue weighted by Gasteiger charge is -2.25. The summed E-state index contributed by atoms with van der Waals surface area (Å²) in [7, 11) is 0. The number of carbonyl (C=O) groups is 1. The minimum atomic E-state index is -0.0175. The first-order chi connectivity index (χ1) is 8.86. The van der Waals surface area contributed by atoms with Crippen LogP contribution in [-0.4, -0.2) is 27.9 Å². The van der Waals surface area contributed by atoms with E-state index < -0.39 is 0 Å². The predicted molar refractivity (Wildman–Crippen MR) is 64.2 cm³/mol. The van der Waals surface area contributed by atoms with E-state index in [2.05, 4.69) is 22.4 Å². The van der Waals surface area contributed by atoms with E-state index in [4.69, 9.17) is 4.74 Å². The predicted octanol–water partition coefficient (Wildman–Crippen LogP) is 1.40. The van der Waals surface area contributed by atoms with Gasteiger partial charge >= 0.3 is 0 Å². The minimum absolute atomic E-state index is 0.0175. The number of ether oxygens (including phenoxy) is 1. The quantitative estimate of drug-likeness (QED) is 0.765. The van der Waals surface area contributed by atoms with Crippen LogP contribution >= 0.6 is 0 Å². The summed E-state index contributed by atoms with van der Waals surface area (Å²) in [6.07, 6.45) is 3.26. The summed E-state index contributed by atoms with van der Waals surface area (Å²) in [4.78, 5) is 10.6. The van der Waals surface area contributed by atoms with Gasteiger partial charge in [0.25, 0.3) is 0 Å². The third kappa shape index (κ3) is 2.04. The van der Waals surface area contributed by atoms with Gasteiger partial charge in [0, 0.05) is 0 Å². The van der Waals surface area contributed by atoms with Gasteiger partial charge in [-0.1, -0.05) is 29.5 Å². The van der Waals surface area contributed by atoms with E-state index in [0.717, 1.165) is 13.0 Å². The Kier molecular flexibility index (Phi) is 2.90. The molecular formula is C13H13N3O2. The molecule has 18 heavy (non-hydrogen) atoms. The van der Waals surface area contributed by atoms with Gasteiger partial charge in [0.05, 0.1) is 19.3 Å². The number of hydrogen-bond acceptors (Lipinski definition) is 4. The summed E-state index contributed by atoms with van der Waals surface area (Å²) in [6.45, 7) is 1.30. The highest BCUT2D eigenvalue weighted by molar-refractivity contribution is 5.70. The Morgan fingerprint density at radius 1 is 1.44 bits per heavy atom. The lowest BCUT2D eigenvalue weighted by atomic mass is 9.98. The van der Waals surface area contributed by atoms with Crippen molar-refractivity contribution in [2.24, 2.45) is 0 Å². The second-order valence-electron chi connectivity index (χ2n) is 4.29. The van der Waals surface area contributed by atoms with Crippen molar-refractivity contribution in [3.8, 4) is 0 Å². The summed E-state index contributed by atoms with van der Waals surface area (Å²) in [6, 6.07) is 8.26. The molecule has 0 saturated carbocycles. The molecule has 1 aliphatic heterocycles. The van der Waals surface area contributed by atoms with Crippen molar-refractivity contribution in [3.05, 3.63) is 47.3 Å². The van der Waals surface area contributed by atoms with Crippen molar-refractivity contribution in [3.63, 3.8) is 0 Å². The van der Waals surface area contributed by atoms with Crippen LogP contribution in [0.25, 0.3) is 0 Å². The Hall–Kier alpha value is -2.01. The van der Waals surface area contributed by atoms with Crippen LogP contribution < -0.4 is 0 Å². The minimum Gasteiger partial charge on any atom is -0.371 e. The highest BCUT2D eigenvalue weighted by Crippen LogP contribution is 2.27. The molecule has 1 aromatic heterocycles. The van der Waals surface area contributed by atoms with Crippen LogP contribution in [0, 0.1) is 0 Å². The van der Waals surface area contributed by atoms with E-state index in [1.54, 1.807) is 10.9 Å². The molecule has 0 spiro atoms. The molecule has 2 heterocycles. The maximum atomic E-state index is 10.6. The number of rotatable bonds is 3. The molecule has 2 aromatic rings. The average molecular weight is 243 g/mol. The first-order valence-electron chi connectivity index (χ1n) is 5.91. The van der Waals surface area contributed by atoms with Crippen molar-refractivity contribution in [2.45, 2.75) is 19.1 Å². The first-order valence-corrected chi connectivity index (χ1v) is 5.91. The van der Waals surface area contributed by atoms with Gasteiger partial charge in [-0.05, 0) is 17.5 Å². The average Bonchev–Trinajstić information content (AvgIpc) is 2.87. The van der Waals surface area contributed by atoms with E-state index in [1.165, 1.54) is 11.1 Å². The summed E-state index contributed by atoms with van der Waals surface area (Å²) >= 11 is 0. The molecule has 1 atom stereocenters. The van der Waals surface area contributed by atoms with Crippen molar-refractivity contribution in [2.75, 3.05) is 6.61 Å². The largest absolute Gasteiger partial charge is 0.371 e.